The number of hydrogen-bond donors (Lipinski definition) is 0. The van der Waals surface area contributed by atoms with E-state index >= 15 is 0 Å². The predicted octanol–water partition coefficient (Wildman–Crippen LogP) is 6.91. The van der Waals surface area contributed by atoms with E-state index < -0.39 is 0 Å². The first-order chi connectivity index (χ1) is 11.3. The Morgan fingerprint density at radius 2 is 1.39 bits per heavy atom. The van der Waals surface area contributed by atoms with Crippen LogP contribution in [0.15, 0.2) is 12.2 Å². The van der Waals surface area contributed by atoms with Crippen molar-refractivity contribution in [2.75, 3.05) is 6.61 Å². The molecule has 0 heterocycles. The van der Waals surface area contributed by atoms with E-state index in [0.29, 0.717) is 6.10 Å². The summed E-state index contributed by atoms with van der Waals surface area (Å²) in [7, 11) is 0. The topological polar surface area (TPSA) is 9.23 Å². The minimum absolute atomic E-state index is 0.579. The van der Waals surface area contributed by atoms with Crippen LogP contribution in [0.1, 0.15) is 97.3 Å². The van der Waals surface area contributed by atoms with Gasteiger partial charge in [-0.3, -0.25) is 0 Å². The minimum Gasteiger partial charge on any atom is -0.378 e. The molecule has 0 aromatic rings. The average molecular weight is 321 g/mol. The first kappa shape index (κ1) is 19.0. The molecule has 23 heavy (non-hydrogen) atoms. The van der Waals surface area contributed by atoms with E-state index in [4.69, 9.17) is 4.74 Å². The maximum Gasteiger partial charge on any atom is 0.0575 e. The van der Waals surface area contributed by atoms with Crippen molar-refractivity contribution in [2.24, 2.45) is 17.8 Å². The second kappa shape index (κ2) is 11.3. The molecule has 2 aliphatic carbocycles. The highest BCUT2D eigenvalue weighted by atomic mass is 16.5. The van der Waals surface area contributed by atoms with Crippen LogP contribution in [0.5, 0.6) is 0 Å². The zero-order valence-electron chi connectivity index (χ0n) is 15.8. The minimum atomic E-state index is 0.579. The second-order valence-electron chi connectivity index (χ2n) is 8.01. The Hall–Kier alpha value is -0.300. The summed E-state index contributed by atoms with van der Waals surface area (Å²) < 4.78 is 6.03. The van der Waals surface area contributed by atoms with Gasteiger partial charge in [0.05, 0.1) is 6.10 Å². The number of unbranched alkanes of at least 4 members (excludes halogenated alkanes) is 3. The van der Waals surface area contributed by atoms with E-state index in [1.807, 2.05) is 0 Å². The number of rotatable bonds is 9. The quantitative estimate of drug-likeness (QED) is 0.331. The van der Waals surface area contributed by atoms with Gasteiger partial charge in [0.25, 0.3) is 0 Å². The molecule has 2 aliphatic rings. The van der Waals surface area contributed by atoms with Crippen LogP contribution in [0.25, 0.3) is 0 Å². The maximum atomic E-state index is 6.03. The van der Waals surface area contributed by atoms with Crippen LogP contribution in [0, 0.1) is 17.8 Å². The molecule has 0 aliphatic heterocycles. The molecule has 2 rings (SSSR count). The molecule has 2 saturated carbocycles. The Labute approximate surface area is 145 Å². The summed E-state index contributed by atoms with van der Waals surface area (Å²) in [6, 6.07) is 0. The van der Waals surface area contributed by atoms with Crippen molar-refractivity contribution in [2.45, 2.75) is 103 Å². The lowest BCUT2D eigenvalue weighted by molar-refractivity contribution is 0.00645. The van der Waals surface area contributed by atoms with Crippen molar-refractivity contribution < 1.29 is 4.74 Å². The molecule has 0 saturated heterocycles. The number of allylic oxidation sites excluding steroid dienone is 2. The fraction of sp³-hybridized carbons (Fsp3) is 0.909. The van der Waals surface area contributed by atoms with Crippen molar-refractivity contribution in [3.05, 3.63) is 12.2 Å². The third-order valence-corrected chi connectivity index (χ3v) is 6.19. The number of hydrogen-bond acceptors (Lipinski definition) is 1. The van der Waals surface area contributed by atoms with E-state index in [1.165, 1.54) is 83.5 Å². The molecule has 0 N–H and O–H groups in total. The molecule has 0 aromatic heterocycles. The van der Waals surface area contributed by atoms with E-state index in [2.05, 4.69) is 26.0 Å². The van der Waals surface area contributed by atoms with Gasteiger partial charge in [-0.25, -0.2) is 0 Å². The molecule has 0 bridgehead atoms. The third-order valence-electron chi connectivity index (χ3n) is 6.19. The second-order valence-corrected chi connectivity index (χ2v) is 8.01. The molecule has 134 valence electrons. The van der Waals surface area contributed by atoms with Crippen LogP contribution in [-0.2, 0) is 4.74 Å². The maximum absolute atomic E-state index is 6.03. The van der Waals surface area contributed by atoms with Crippen molar-refractivity contribution >= 4 is 0 Å². The normalized spacial score (nSPS) is 32.4. The van der Waals surface area contributed by atoms with Crippen LogP contribution < -0.4 is 0 Å². The summed E-state index contributed by atoms with van der Waals surface area (Å²) in [5.41, 5.74) is 0. The van der Waals surface area contributed by atoms with Crippen LogP contribution >= 0.6 is 0 Å². The highest BCUT2D eigenvalue weighted by Crippen LogP contribution is 2.40. The summed E-state index contributed by atoms with van der Waals surface area (Å²) >= 11 is 0. The van der Waals surface area contributed by atoms with Gasteiger partial charge < -0.3 is 4.74 Å². The summed E-state index contributed by atoms with van der Waals surface area (Å²) in [5.74, 6) is 2.91. The molecule has 0 radical (unpaired) electrons. The predicted molar refractivity (Wildman–Crippen MR) is 101 cm³/mol. The van der Waals surface area contributed by atoms with Gasteiger partial charge in [0.15, 0.2) is 0 Å². The van der Waals surface area contributed by atoms with Crippen molar-refractivity contribution in [3.63, 3.8) is 0 Å². The zero-order chi connectivity index (χ0) is 16.3. The standard InChI is InChI=1S/C22H40O/c1-3-5-7-8-9-19-10-12-20(13-11-19)21-14-16-22(17-15-21)23-18-6-4-2/h8-9,19-22H,3-7,10-18H2,1-2H3/b9-8+. The van der Waals surface area contributed by atoms with Crippen LogP contribution in [-0.4, -0.2) is 12.7 Å². The highest BCUT2D eigenvalue weighted by Gasteiger charge is 2.30. The first-order valence-electron chi connectivity index (χ1n) is 10.6. The van der Waals surface area contributed by atoms with Gasteiger partial charge >= 0.3 is 0 Å². The van der Waals surface area contributed by atoms with Crippen LogP contribution in [0.2, 0.25) is 0 Å². The van der Waals surface area contributed by atoms with E-state index in [9.17, 15) is 0 Å². The molecule has 1 nitrogen and oxygen atoms in total. The molecule has 2 fully saturated rings. The Kier molecular flexibility index (Phi) is 9.34. The van der Waals surface area contributed by atoms with E-state index in [1.54, 1.807) is 0 Å². The zero-order valence-corrected chi connectivity index (χ0v) is 15.8. The summed E-state index contributed by atoms with van der Waals surface area (Å²) in [6.45, 7) is 5.51. The molecule has 0 amide bonds. The van der Waals surface area contributed by atoms with Crippen LogP contribution in [0.3, 0.4) is 0 Å². The largest absolute Gasteiger partial charge is 0.378 e. The molecular formula is C22H40O. The van der Waals surface area contributed by atoms with Gasteiger partial charge in [0.2, 0.25) is 0 Å². The Morgan fingerprint density at radius 3 is 2.00 bits per heavy atom. The molecule has 0 aromatic carbocycles. The highest BCUT2D eigenvalue weighted by molar-refractivity contribution is 4.92. The first-order valence-corrected chi connectivity index (χ1v) is 10.6. The smallest absolute Gasteiger partial charge is 0.0575 e. The SMILES string of the molecule is CCCC/C=C/C1CCC(C2CCC(OCCCC)CC2)CC1. The summed E-state index contributed by atoms with van der Waals surface area (Å²) in [6.07, 6.45) is 23.4. The summed E-state index contributed by atoms with van der Waals surface area (Å²) in [5, 5.41) is 0. The third kappa shape index (κ3) is 6.99. The monoisotopic (exact) mass is 320 g/mol. The van der Waals surface area contributed by atoms with Gasteiger partial charge in [-0.15, -0.1) is 0 Å². The molecule has 1 heteroatoms. The van der Waals surface area contributed by atoms with Crippen molar-refractivity contribution in [1.82, 2.24) is 0 Å². The lowest BCUT2D eigenvalue weighted by Gasteiger charge is -2.37. The van der Waals surface area contributed by atoms with Gasteiger partial charge in [0, 0.05) is 6.61 Å². The lowest BCUT2D eigenvalue weighted by atomic mass is 9.70. The van der Waals surface area contributed by atoms with E-state index in [-0.39, 0.29) is 0 Å². The molecule has 0 spiro atoms. The number of ether oxygens (including phenoxy) is 1. The van der Waals surface area contributed by atoms with Gasteiger partial charge in [-0.2, -0.15) is 0 Å². The fourth-order valence-electron chi connectivity index (χ4n) is 4.54. The van der Waals surface area contributed by atoms with Gasteiger partial charge in [-0.1, -0.05) is 45.3 Å². The average Bonchev–Trinajstić information content (AvgIpc) is 2.60. The Bertz CT molecular complexity index is 306. The molecule has 0 unspecified atom stereocenters. The van der Waals surface area contributed by atoms with E-state index in [0.717, 1.165) is 24.4 Å². The Balaban J connectivity index is 1.60. The van der Waals surface area contributed by atoms with Gasteiger partial charge in [0.1, 0.15) is 0 Å². The van der Waals surface area contributed by atoms with Crippen molar-refractivity contribution in [1.29, 1.82) is 0 Å². The van der Waals surface area contributed by atoms with Crippen molar-refractivity contribution in [3.8, 4) is 0 Å². The van der Waals surface area contributed by atoms with Gasteiger partial charge in [-0.05, 0) is 82.0 Å². The lowest BCUT2D eigenvalue weighted by Crippen LogP contribution is -2.28. The fourth-order valence-corrected chi connectivity index (χ4v) is 4.54. The molecule has 0 atom stereocenters. The summed E-state index contributed by atoms with van der Waals surface area (Å²) in [4.78, 5) is 0. The Morgan fingerprint density at radius 1 is 0.783 bits per heavy atom. The van der Waals surface area contributed by atoms with Crippen LogP contribution in [0.4, 0.5) is 0 Å². The molecular weight excluding hydrogens is 280 g/mol.